The summed E-state index contributed by atoms with van der Waals surface area (Å²) in [5, 5.41) is 23.6. The molecular weight excluding hydrogens is 318 g/mol. The first-order valence-corrected chi connectivity index (χ1v) is 8.59. The van der Waals surface area contributed by atoms with Gasteiger partial charge >= 0.3 is 0 Å². The van der Waals surface area contributed by atoms with Gasteiger partial charge in [-0.1, -0.05) is 24.3 Å². The van der Waals surface area contributed by atoms with Gasteiger partial charge in [-0.3, -0.25) is 10.1 Å². The summed E-state index contributed by atoms with van der Waals surface area (Å²) in [6, 6.07) is 14.8. The minimum Gasteiger partial charge on any atom is -0.396 e. The predicted molar refractivity (Wildman–Crippen MR) is 98.9 cm³/mol. The molecule has 0 aromatic heterocycles. The van der Waals surface area contributed by atoms with Crippen molar-refractivity contribution >= 4 is 17.1 Å². The molecule has 6 nitrogen and oxygen atoms in total. The maximum Gasteiger partial charge on any atom is 0.269 e. The van der Waals surface area contributed by atoms with E-state index in [0.717, 1.165) is 42.9 Å². The van der Waals surface area contributed by atoms with Crippen LogP contribution in [0.25, 0.3) is 0 Å². The molecule has 132 valence electrons. The van der Waals surface area contributed by atoms with E-state index in [4.69, 9.17) is 0 Å². The van der Waals surface area contributed by atoms with Crippen LogP contribution < -0.4 is 10.2 Å². The van der Waals surface area contributed by atoms with Crippen LogP contribution in [0.2, 0.25) is 0 Å². The lowest BCUT2D eigenvalue weighted by Gasteiger charge is -2.34. The highest BCUT2D eigenvalue weighted by atomic mass is 16.6. The molecule has 0 bridgehead atoms. The largest absolute Gasteiger partial charge is 0.396 e. The second-order valence-electron chi connectivity index (χ2n) is 6.41. The second-order valence-corrected chi connectivity index (χ2v) is 6.41. The summed E-state index contributed by atoms with van der Waals surface area (Å²) in [4.78, 5) is 12.9. The molecule has 2 aromatic carbocycles. The number of piperidine rings is 1. The third kappa shape index (κ3) is 4.28. The van der Waals surface area contributed by atoms with E-state index >= 15 is 0 Å². The van der Waals surface area contributed by atoms with Crippen molar-refractivity contribution in [3.05, 3.63) is 64.2 Å². The van der Waals surface area contributed by atoms with Crippen molar-refractivity contribution in [3.8, 4) is 0 Å². The molecule has 0 amide bonds. The number of benzene rings is 2. The Hall–Kier alpha value is -2.60. The number of nitro benzene ring substituents is 1. The molecule has 1 fully saturated rings. The number of rotatable bonds is 6. The molecule has 0 atom stereocenters. The SMILES string of the molecule is O=[N+]([O-])c1cccc(CNc2ccccc2N2CCC(CO)CC2)c1. The molecule has 1 aliphatic heterocycles. The van der Waals surface area contributed by atoms with Crippen LogP contribution >= 0.6 is 0 Å². The van der Waals surface area contributed by atoms with E-state index in [-0.39, 0.29) is 17.2 Å². The van der Waals surface area contributed by atoms with Crippen LogP contribution in [0.15, 0.2) is 48.5 Å². The van der Waals surface area contributed by atoms with E-state index < -0.39 is 0 Å². The summed E-state index contributed by atoms with van der Waals surface area (Å²) >= 11 is 0. The molecule has 1 saturated heterocycles. The number of nitrogens with one attached hydrogen (secondary N) is 1. The fourth-order valence-corrected chi connectivity index (χ4v) is 3.23. The number of non-ortho nitro benzene ring substituents is 1. The van der Waals surface area contributed by atoms with Gasteiger partial charge in [-0.25, -0.2) is 0 Å². The molecule has 0 aliphatic carbocycles. The van der Waals surface area contributed by atoms with Gasteiger partial charge < -0.3 is 15.3 Å². The van der Waals surface area contributed by atoms with Crippen molar-refractivity contribution in [2.45, 2.75) is 19.4 Å². The van der Waals surface area contributed by atoms with Crippen LogP contribution in [-0.4, -0.2) is 29.7 Å². The van der Waals surface area contributed by atoms with E-state index in [2.05, 4.69) is 16.3 Å². The molecular formula is C19H23N3O3. The fraction of sp³-hybridized carbons (Fsp3) is 0.368. The molecule has 0 saturated carbocycles. The lowest BCUT2D eigenvalue weighted by molar-refractivity contribution is -0.384. The normalized spacial score (nSPS) is 15.2. The van der Waals surface area contributed by atoms with Gasteiger partial charge in [0, 0.05) is 38.4 Å². The number of para-hydroxylation sites is 2. The summed E-state index contributed by atoms with van der Waals surface area (Å²) in [6.45, 7) is 2.66. The van der Waals surface area contributed by atoms with Crippen molar-refractivity contribution in [1.29, 1.82) is 0 Å². The average molecular weight is 341 g/mol. The third-order valence-corrected chi connectivity index (χ3v) is 4.72. The highest BCUT2D eigenvalue weighted by molar-refractivity contribution is 5.70. The van der Waals surface area contributed by atoms with Gasteiger partial charge in [-0.2, -0.15) is 0 Å². The van der Waals surface area contributed by atoms with Crippen molar-refractivity contribution in [2.75, 3.05) is 29.9 Å². The number of aliphatic hydroxyl groups is 1. The van der Waals surface area contributed by atoms with Crippen LogP contribution in [-0.2, 0) is 6.54 Å². The summed E-state index contributed by atoms with van der Waals surface area (Å²) < 4.78 is 0. The van der Waals surface area contributed by atoms with Crippen LogP contribution in [0.4, 0.5) is 17.1 Å². The van der Waals surface area contributed by atoms with E-state index in [1.165, 1.54) is 6.07 Å². The van der Waals surface area contributed by atoms with Gasteiger partial charge in [-0.05, 0) is 36.5 Å². The summed E-state index contributed by atoms with van der Waals surface area (Å²) in [7, 11) is 0. The number of nitro groups is 1. The smallest absolute Gasteiger partial charge is 0.269 e. The van der Waals surface area contributed by atoms with Gasteiger partial charge in [-0.15, -0.1) is 0 Å². The minimum absolute atomic E-state index is 0.110. The van der Waals surface area contributed by atoms with Crippen molar-refractivity contribution < 1.29 is 10.0 Å². The first-order chi connectivity index (χ1) is 12.2. The molecule has 2 N–H and O–H groups in total. The summed E-state index contributed by atoms with van der Waals surface area (Å²) in [6.07, 6.45) is 1.99. The molecule has 2 aromatic rings. The lowest BCUT2D eigenvalue weighted by Crippen LogP contribution is -2.35. The molecule has 25 heavy (non-hydrogen) atoms. The van der Waals surface area contributed by atoms with Crippen molar-refractivity contribution in [3.63, 3.8) is 0 Å². The van der Waals surface area contributed by atoms with Crippen LogP contribution in [0.3, 0.4) is 0 Å². The Kier molecular flexibility index (Phi) is 5.50. The molecule has 1 aliphatic rings. The van der Waals surface area contributed by atoms with E-state index in [0.29, 0.717) is 12.5 Å². The highest BCUT2D eigenvalue weighted by Crippen LogP contribution is 2.30. The third-order valence-electron chi connectivity index (χ3n) is 4.72. The molecule has 0 unspecified atom stereocenters. The summed E-state index contributed by atoms with van der Waals surface area (Å²) in [5.74, 6) is 0.404. The topological polar surface area (TPSA) is 78.6 Å². The molecule has 3 rings (SSSR count). The van der Waals surface area contributed by atoms with Gasteiger partial charge in [0.1, 0.15) is 0 Å². The van der Waals surface area contributed by atoms with Gasteiger partial charge in [0.25, 0.3) is 5.69 Å². The first-order valence-electron chi connectivity index (χ1n) is 8.59. The maximum absolute atomic E-state index is 10.9. The Labute approximate surface area is 147 Å². The minimum atomic E-state index is -0.372. The first kappa shape index (κ1) is 17.2. The maximum atomic E-state index is 10.9. The average Bonchev–Trinajstić information content (AvgIpc) is 2.67. The Morgan fingerprint density at radius 1 is 1.16 bits per heavy atom. The second kappa shape index (κ2) is 7.98. The lowest BCUT2D eigenvalue weighted by atomic mass is 9.97. The number of aliphatic hydroxyl groups excluding tert-OH is 1. The standard InChI is InChI=1S/C19H23N3O3/c23-14-15-8-10-21(11-9-15)19-7-2-1-6-18(19)20-13-16-4-3-5-17(12-16)22(24)25/h1-7,12,15,20,23H,8-11,13-14H2. The molecule has 6 heteroatoms. The zero-order chi connectivity index (χ0) is 17.6. The number of hydrogen-bond acceptors (Lipinski definition) is 5. The van der Waals surface area contributed by atoms with Crippen LogP contribution in [0, 0.1) is 16.0 Å². The predicted octanol–water partition coefficient (Wildman–Crippen LogP) is 3.42. The van der Waals surface area contributed by atoms with Gasteiger partial charge in [0.2, 0.25) is 0 Å². The Morgan fingerprint density at radius 3 is 2.64 bits per heavy atom. The zero-order valence-corrected chi connectivity index (χ0v) is 14.1. The Bertz CT molecular complexity index is 727. The number of nitrogens with zero attached hydrogens (tertiary/aromatic N) is 2. The van der Waals surface area contributed by atoms with Crippen LogP contribution in [0.1, 0.15) is 18.4 Å². The number of hydrogen-bond donors (Lipinski definition) is 2. The van der Waals surface area contributed by atoms with Gasteiger partial charge in [0.15, 0.2) is 0 Å². The number of anilines is 2. The Morgan fingerprint density at radius 2 is 1.92 bits per heavy atom. The zero-order valence-electron chi connectivity index (χ0n) is 14.1. The monoisotopic (exact) mass is 341 g/mol. The summed E-state index contributed by atoms with van der Waals surface area (Å²) in [5.41, 5.74) is 3.16. The van der Waals surface area contributed by atoms with E-state index in [9.17, 15) is 15.2 Å². The quantitative estimate of drug-likeness (QED) is 0.622. The van der Waals surface area contributed by atoms with Gasteiger partial charge in [0.05, 0.1) is 16.3 Å². The fourth-order valence-electron chi connectivity index (χ4n) is 3.23. The van der Waals surface area contributed by atoms with E-state index in [1.807, 2.05) is 24.3 Å². The molecule has 0 radical (unpaired) electrons. The van der Waals surface area contributed by atoms with Crippen molar-refractivity contribution in [1.82, 2.24) is 0 Å². The highest BCUT2D eigenvalue weighted by Gasteiger charge is 2.20. The van der Waals surface area contributed by atoms with E-state index in [1.54, 1.807) is 12.1 Å². The van der Waals surface area contributed by atoms with Crippen LogP contribution in [0.5, 0.6) is 0 Å². The molecule has 0 spiro atoms. The van der Waals surface area contributed by atoms with Crippen molar-refractivity contribution in [2.24, 2.45) is 5.92 Å². The Balaban J connectivity index is 1.69. The molecule has 1 heterocycles.